The monoisotopic (exact) mass is 595 g/mol. The topological polar surface area (TPSA) is 136 Å². The van der Waals surface area contributed by atoms with Crippen LogP contribution >= 0.6 is 0 Å². The summed E-state index contributed by atoms with van der Waals surface area (Å²) in [5.41, 5.74) is 1.29. The molecule has 13 heteroatoms. The smallest absolute Gasteiger partial charge is 0.406 e. The van der Waals surface area contributed by atoms with E-state index in [1.54, 1.807) is 54.7 Å². The third kappa shape index (κ3) is 9.85. The van der Waals surface area contributed by atoms with E-state index in [0.29, 0.717) is 42.6 Å². The molecule has 0 fully saturated rings. The Bertz CT molecular complexity index is 1590. The van der Waals surface area contributed by atoms with E-state index in [0.717, 1.165) is 12.1 Å². The number of benzene rings is 2. The lowest BCUT2D eigenvalue weighted by Gasteiger charge is -2.10. The third-order valence-corrected chi connectivity index (χ3v) is 6.27. The second-order valence-corrected chi connectivity index (χ2v) is 9.64. The van der Waals surface area contributed by atoms with Crippen molar-refractivity contribution in [3.63, 3.8) is 0 Å². The Kier molecular flexibility index (Phi) is 10.3. The highest BCUT2D eigenvalue weighted by Gasteiger charge is 2.31. The van der Waals surface area contributed by atoms with Crippen molar-refractivity contribution in [3.8, 4) is 5.75 Å². The van der Waals surface area contributed by atoms with E-state index < -0.39 is 35.6 Å². The summed E-state index contributed by atoms with van der Waals surface area (Å²) >= 11 is 0. The summed E-state index contributed by atoms with van der Waals surface area (Å²) in [4.78, 5) is 41.1. The number of aryl methyl sites for hydroxylation is 2. The number of aliphatic hydroxyl groups is 1. The highest BCUT2D eigenvalue weighted by Crippen LogP contribution is 2.23. The molecule has 0 unspecified atom stereocenters. The first-order valence-corrected chi connectivity index (χ1v) is 13.3. The van der Waals surface area contributed by atoms with Gasteiger partial charge in [0.2, 0.25) is 5.91 Å². The number of ketones is 1. The van der Waals surface area contributed by atoms with Gasteiger partial charge in [-0.15, -0.1) is 18.3 Å². The van der Waals surface area contributed by atoms with Gasteiger partial charge in [-0.1, -0.05) is 42.5 Å². The van der Waals surface area contributed by atoms with Gasteiger partial charge in [0.25, 0.3) is 0 Å². The quantitative estimate of drug-likeness (QED) is 0.222. The van der Waals surface area contributed by atoms with E-state index in [1.807, 2.05) is 0 Å². The zero-order valence-electron chi connectivity index (χ0n) is 22.8. The number of nitrogens with one attached hydrogen (secondary N) is 1. The fourth-order valence-electron chi connectivity index (χ4n) is 4.20. The molecular formula is C30H28F3N5O5. The molecule has 0 aliphatic carbocycles. The van der Waals surface area contributed by atoms with Gasteiger partial charge in [0.15, 0.2) is 11.6 Å². The Morgan fingerprint density at radius 3 is 2.42 bits per heavy atom. The maximum absolute atomic E-state index is 12.4. The molecule has 1 atom stereocenters. The highest BCUT2D eigenvalue weighted by atomic mass is 19.4. The van der Waals surface area contributed by atoms with Crippen molar-refractivity contribution in [3.05, 3.63) is 112 Å². The molecule has 2 heterocycles. The van der Waals surface area contributed by atoms with Crippen LogP contribution in [0.1, 0.15) is 41.5 Å². The number of hydrogen-bond acceptors (Lipinski definition) is 8. The molecular weight excluding hydrogens is 567 g/mol. The Hall–Kier alpha value is -4.91. The van der Waals surface area contributed by atoms with Gasteiger partial charge in [0.1, 0.15) is 11.9 Å². The summed E-state index contributed by atoms with van der Waals surface area (Å²) < 4.78 is 42.5. The summed E-state index contributed by atoms with van der Waals surface area (Å²) in [6.07, 6.45) is -2.98. The molecule has 0 spiro atoms. The van der Waals surface area contributed by atoms with Crippen molar-refractivity contribution < 1.29 is 32.6 Å². The fraction of sp³-hybridized carbons (Fsp3) is 0.267. The number of hydrogen-bond donors (Lipinski definition) is 2. The maximum Gasteiger partial charge on any atom is 0.573 e. The third-order valence-electron chi connectivity index (χ3n) is 6.27. The Labute approximate surface area is 244 Å². The van der Waals surface area contributed by atoms with Crippen molar-refractivity contribution >= 4 is 17.5 Å². The van der Waals surface area contributed by atoms with Crippen molar-refractivity contribution in [1.82, 2.24) is 19.7 Å². The minimum Gasteiger partial charge on any atom is -0.406 e. The number of alkyl halides is 3. The van der Waals surface area contributed by atoms with Gasteiger partial charge in [-0.25, -0.2) is 4.79 Å². The summed E-state index contributed by atoms with van der Waals surface area (Å²) in [7, 11) is 0. The SMILES string of the molecule is O=C(Cc1cccc(OC(F)(F)F)c1)Nc1ccc(CCCCn2ccc(CC(=O)[C@@H](O)c3ccccc3)nc2=O)nn1. The van der Waals surface area contributed by atoms with Crippen LogP contribution in [0.15, 0.2) is 83.8 Å². The molecule has 43 heavy (non-hydrogen) atoms. The number of carbonyl (C=O) groups excluding carboxylic acids is 2. The number of ether oxygens (including phenoxy) is 1. The minimum absolute atomic E-state index is 0.161. The predicted octanol–water partition coefficient (Wildman–Crippen LogP) is 3.98. The van der Waals surface area contributed by atoms with Crippen molar-refractivity contribution in [2.45, 2.75) is 51.1 Å². The maximum atomic E-state index is 12.4. The number of unbranched alkanes of at least 4 members (excludes halogenated alkanes) is 1. The molecule has 0 saturated heterocycles. The molecule has 4 rings (SSSR count). The van der Waals surface area contributed by atoms with E-state index in [4.69, 9.17) is 0 Å². The van der Waals surface area contributed by atoms with Crippen molar-refractivity contribution in [2.24, 2.45) is 0 Å². The van der Waals surface area contributed by atoms with Gasteiger partial charge in [0, 0.05) is 12.7 Å². The number of carbonyl (C=O) groups is 2. The zero-order valence-corrected chi connectivity index (χ0v) is 22.8. The first-order chi connectivity index (χ1) is 20.6. The Morgan fingerprint density at radius 2 is 1.72 bits per heavy atom. The van der Waals surface area contributed by atoms with Crippen LogP contribution < -0.4 is 15.7 Å². The number of rotatable bonds is 13. The molecule has 10 nitrogen and oxygen atoms in total. The second kappa shape index (κ2) is 14.3. The molecule has 2 aromatic heterocycles. The minimum atomic E-state index is -4.82. The number of nitrogens with zero attached hydrogens (tertiary/aromatic N) is 4. The van der Waals surface area contributed by atoms with Crippen LogP contribution in [0.3, 0.4) is 0 Å². The van der Waals surface area contributed by atoms with Gasteiger partial charge < -0.3 is 15.2 Å². The summed E-state index contributed by atoms with van der Waals surface area (Å²) in [6.45, 7) is 0.406. The lowest BCUT2D eigenvalue weighted by molar-refractivity contribution is -0.274. The van der Waals surface area contributed by atoms with Gasteiger partial charge in [-0.2, -0.15) is 10.1 Å². The van der Waals surface area contributed by atoms with Crippen LogP contribution in [-0.2, 0) is 35.4 Å². The molecule has 1 amide bonds. The first kappa shape index (κ1) is 31.0. The first-order valence-electron chi connectivity index (χ1n) is 13.3. The summed E-state index contributed by atoms with van der Waals surface area (Å²) in [6, 6.07) is 18.6. The van der Waals surface area contributed by atoms with E-state index in [1.165, 1.54) is 16.7 Å². The molecule has 0 saturated carbocycles. The lowest BCUT2D eigenvalue weighted by Crippen LogP contribution is -2.25. The molecule has 0 bridgehead atoms. The molecule has 0 aliphatic heterocycles. The van der Waals surface area contributed by atoms with Crippen LogP contribution in [0.5, 0.6) is 5.75 Å². The van der Waals surface area contributed by atoms with E-state index in [-0.39, 0.29) is 24.4 Å². The molecule has 0 aliphatic rings. The molecule has 224 valence electrons. The molecule has 0 radical (unpaired) electrons. The number of aromatic nitrogens is 4. The molecule has 4 aromatic rings. The van der Waals surface area contributed by atoms with Gasteiger partial charge in [-0.05, 0) is 60.7 Å². The standard InChI is InChI=1S/C30H28F3N5O5/c31-30(32,33)43-24-11-6-7-20(17-24)18-27(40)35-26-13-12-22(36-37-26)10-4-5-15-38-16-14-23(34-29(38)42)19-25(39)28(41)21-8-2-1-3-9-21/h1-3,6-9,11-14,16-17,28,41H,4-5,10,15,18-19H2,(H,35,37,40)/t28-/m0/s1. The largest absolute Gasteiger partial charge is 0.573 e. The number of amides is 1. The predicted molar refractivity (Wildman–Crippen MR) is 149 cm³/mol. The van der Waals surface area contributed by atoms with E-state index in [9.17, 15) is 32.7 Å². The normalized spacial score (nSPS) is 12.0. The Morgan fingerprint density at radius 1 is 0.930 bits per heavy atom. The number of halogens is 3. The average molecular weight is 596 g/mol. The van der Waals surface area contributed by atoms with E-state index >= 15 is 0 Å². The second-order valence-electron chi connectivity index (χ2n) is 9.64. The van der Waals surface area contributed by atoms with Gasteiger partial charge in [0.05, 0.1) is 24.2 Å². The Balaban J connectivity index is 1.19. The highest BCUT2D eigenvalue weighted by molar-refractivity contribution is 5.91. The zero-order chi connectivity index (χ0) is 30.8. The summed E-state index contributed by atoms with van der Waals surface area (Å²) in [5, 5.41) is 20.9. The number of Topliss-reactive ketones (excluding diaryl/α,β-unsaturated/α-hetero) is 1. The van der Waals surface area contributed by atoms with E-state index in [2.05, 4.69) is 25.2 Å². The van der Waals surface area contributed by atoms with Crippen LogP contribution in [0.4, 0.5) is 19.0 Å². The van der Waals surface area contributed by atoms with Gasteiger partial charge in [-0.3, -0.25) is 14.2 Å². The lowest BCUT2D eigenvalue weighted by atomic mass is 10.0. The molecule has 2 N–H and O–H groups in total. The number of anilines is 1. The van der Waals surface area contributed by atoms with Crippen LogP contribution in [-0.4, -0.2) is 42.9 Å². The average Bonchev–Trinajstić information content (AvgIpc) is 2.96. The van der Waals surface area contributed by atoms with Crippen LogP contribution in [0, 0.1) is 0 Å². The van der Waals surface area contributed by atoms with Crippen LogP contribution in [0.25, 0.3) is 0 Å². The van der Waals surface area contributed by atoms with Gasteiger partial charge >= 0.3 is 12.1 Å². The van der Waals surface area contributed by atoms with Crippen LogP contribution in [0.2, 0.25) is 0 Å². The summed E-state index contributed by atoms with van der Waals surface area (Å²) in [5.74, 6) is -1.14. The fourth-order valence-corrected chi connectivity index (χ4v) is 4.20. The van der Waals surface area contributed by atoms with Crippen molar-refractivity contribution in [1.29, 1.82) is 0 Å². The van der Waals surface area contributed by atoms with Crippen molar-refractivity contribution in [2.75, 3.05) is 5.32 Å². The molecule has 2 aromatic carbocycles. The number of aliphatic hydroxyl groups excluding tert-OH is 1.